The third-order valence-electron chi connectivity index (χ3n) is 2.45. The highest BCUT2D eigenvalue weighted by molar-refractivity contribution is 9.10. The minimum Gasteiger partial charge on any atom is -0.345 e. The van der Waals surface area contributed by atoms with Gasteiger partial charge in [0.1, 0.15) is 23.9 Å². The molecule has 0 saturated carbocycles. The molecule has 0 amide bonds. The Bertz CT molecular complexity index is 685. The maximum atomic E-state index is 11.8. The summed E-state index contributed by atoms with van der Waals surface area (Å²) >= 11 is 3.27. The standard InChI is InChI=1S/C14H9BrN4O/c1-2-14(20)11-4-3-10(15)5-12(11)19-13(8-18)9(6-16)7-17/h3-5,19H,2H2,1H3. The first-order chi connectivity index (χ1) is 9.57. The molecule has 1 aromatic rings. The Kier molecular flexibility index (Phi) is 5.47. The maximum Gasteiger partial charge on any atom is 0.164 e. The van der Waals surface area contributed by atoms with Crippen molar-refractivity contribution in [2.24, 2.45) is 0 Å². The van der Waals surface area contributed by atoms with Crippen molar-refractivity contribution in [2.75, 3.05) is 5.32 Å². The van der Waals surface area contributed by atoms with E-state index in [1.807, 2.05) is 0 Å². The molecule has 0 fully saturated rings. The van der Waals surface area contributed by atoms with Gasteiger partial charge in [0.15, 0.2) is 11.4 Å². The molecule has 0 saturated heterocycles. The van der Waals surface area contributed by atoms with Gasteiger partial charge in [-0.15, -0.1) is 0 Å². The van der Waals surface area contributed by atoms with E-state index in [4.69, 9.17) is 15.8 Å². The molecule has 0 spiro atoms. The van der Waals surface area contributed by atoms with Crippen LogP contribution >= 0.6 is 15.9 Å². The van der Waals surface area contributed by atoms with Gasteiger partial charge in [0.2, 0.25) is 0 Å². The average molecular weight is 329 g/mol. The van der Waals surface area contributed by atoms with Crippen molar-refractivity contribution in [2.45, 2.75) is 13.3 Å². The van der Waals surface area contributed by atoms with Gasteiger partial charge in [0.25, 0.3) is 0 Å². The van der Waals surface area contributed by atoms with Crippen molar-refractivity contribution < 1.29 is 4.79 Å². The molecule has 0 bridgehead atoms. The zero-order valence-electron chi connectivity index (χ0n) is 10.6. The van der Waals surface area contributed by atoms with E-state index in [0.717, 1.165) is 0 Å². The van der Waals surface area contributed by atoms with Gasteiger partial charge in [-0.1, -0.05) is 22.9 Å². The van der Waals surface area contributed by atoms with Gasteiger partial charge in [-0.3, -0.25) is 4.79 Å². The molecule has 0 atom stereocenters. The van der Waals surface area contributed by atoms with Crippen LogP contribution in [0.1, 0.15) is 23.7 Å². The Morgan fingerprint density at radius 1 is 1.25 bits per heavy atom. The lowest BCUT2D eigenvalue weighted by molar-refractivity contribution is 0.0989. The molecule has 1 rings (SSSR count). The number of Topliss-reactive ketones (excluding diaryl/α,β-unsaturated/α-hetero) is 1. The molecule has 0 unspecified atom stereocenters. The number of benzene rings is 1. The van der Waals surface area contributed by atoms with Gasteiger partial charge in [-0.25, -0.2) is 0 Å². The summed E-state index contributed by atoms with van der Waals surface area (Å²) in [5.74, 6) is -0.104. The van der Waals surface area contributed by atoms with Gasteiger partial charge in [0.05, 0.1) is 5.69 Å². The van der Waals surface area contributed by atoms with Crippen LogP contribution in [-0.4, -0.2) is 5.78 Å². The Labute approximate surface area is 124 Å². The van der Waals surface area contributed by atoms with E-state index in [1.54, 1.807) is 43.3 Å². The molecule has 20 heavy (non-hydrogen) atoms. The van der Waals surface area contributed by atoms with E-state index in [2.05, 4.69) is 21.2 Å². The van der Waals surface area contributed by atoms with Crippen LogP contribution in [0.15, 0.2) is 33.9 Å². The van der Waals surface area contributed by atoms with Crippen molar-refractivity contribution in [3.63, 3.8) is 0 Å². The molecule has 1 N–H and O–H groups in total. The summed E-state index contributed by atoms with van der Waals surface area (Å²) in [4.78, 5) is 11.8. The number of nitrogens with zero attached hydrogens (tertiary/aromatic N) is 3. The molecule has 0 heterocycles. The van der Waals surface area contributed by atoms with Crippen LogP contribution in [0.4, 0.5) is 5.69 Å². The van der Waals surface area contributed by atoms with Crippen molar-refractivity contribution in [3.05, 3.63) is 39.5 Å². The zero-order chi connectivity index (χ0) is 15.1. The lowest BCUT2D eigenvalue weighted by Gasteiger charge is -2.10. The van der Waals surface area contributed by atoms with Gasteiger partial charge in [0, 0.05) is 16.5 Å². The second kappa shape index (κ2) is 7.09. The van der Waals surface area contributed by atoms with Gasteiger partial charge < -0.3 is 5.32 Å². The average Bonchev–Trinajstić information content (AvgIpc) is 2.46. The van der Waals surface area contributed by atoms with Crippen LogP contribution in [0.5, 0.6) is 0 Å². The molecule has 0 aromatic heterocycles. The van der Waals surface area contributed by atoms with E-state index < -0.39 is 0 Å². The zero-order valence-corrected chi connectivity index (χ0v) is 12.2. The number of rotatable bonds is 4. The highest BCUT2D eigenvalue weighted by Gasteiger charge is 2.13. The minimum absolute atomic E-state index is 0.104. The summed E-state index contributed by atoms with van der Waals surface area (Å²) in [7, 11) is 0. The summed E-state index contributed by atoms with van der Waals surface area (Å²) < 4.78 is 0.709. The van der Waals surface area contributed by atoms with Gasteiger partial charge in [-0.05, 0) is 18.2 Å². The normalized spacial score (nSPS) is 8.75. The summed E-state index contributed by atoms with van der Waals surface area (Å²) in [6, 6.07) is 9.97. The predicted molar refractivity (Wildman–Crippen MR) is 76.3 cm³/mol. The maximum absolute atomic E-state index is 11.8. The summed E-state index contributed by atoms with van der Waals surface area (Å²) in [5, 5.41) is 29.3. The molecule has 0 aliphatic rings. The van der Waals surface area contributed by atoms with E-state index >= 15 is 0 Å². The Morgan fingerprint density at radius 2 is 1.90 bits per heavy atom. The van der Waals surface area contributed by atoms with E-state index in [1.165, 1.54) is 0 Å². The monoisotopic (exact) mass is 328 g/mol. The SMILES string of the molecule is CCC(=O)c1ccc(Br)cc1NC(C#N)=C(C#N)C#N. The predicted octanol–water partition coefficient (Wildman–Crippen LogP) is 3.28. The van der Waals surface area contributed by atoms with Crippen molar-refractivity contribution >= 4 is 27.4 Å². The Morgan fingerprint density at radius 3 is 2.40 bits per heavy atom. The number of anilines is 1. The lowest BCUT2D eigenvalue weighted by atomic mass is 10.1. The molecule has 0 aliphatic carbocycles. The highest BCUT2D eigenvalue weighted by Crippen LogP contribution is 2.24. The number of halogens is 1. The fourth-order valence-electron chi connectivity index (χ4n) is 1.47. The van der Waals surface area contributed by atoms with Crippen LogP contribution in [0, 0.1) is 34.0 Å². The number of carbonyl (C=O) groups excluding carboxylic acids is 1. The molecule has 6 heteroatoms. The third kappa shape index (κ3) is 3.45. The first-order valence-electron chi connectivity index (χ1n) is 5.61. The van der Waals surface area contributed by atoms with Crippen LogP contribution < -0.4 is 5.32 Å². The fourth-order valence-corrected chi connectivity index (χ4v) is 1.83. The molecular formula is C14H9BrN4O. The van der Waals surface area contributed by atoms with Gasteiger partial charge >= 0.3 is 0 Å². The van der Waals surface area contributed by atoms with Crippen LogP contribution in [0.25, 0.3) is 0 Å². The van der Waals surface area contributed by atoms with Crippen molar-refractivity contribution in [1.29, 1.82) is 15.8 Å². The molecule has 0 aliphatic heterocycles. The topological polar surface area (TPSA) is 100 Å². The molecule has 5 nitrogen and oxygen atoms in total. The van der Waals surface area contributed by atoms with Crippen molar-refractivity contribution in [1.82, 2.24) is 0 Å². The number of allylic oxidation sites excluding steroid dienone is 2. The number of hydrogen-bond acceptors (Lipinski definition) is 5. The minimum atomic E-state index is -0.331. The van der Waals surface area contributed by atoms with E-state index in [0.29, 0.717) is 22.1 Å². The van der Waals surface area contributed by atoms with Crippen LogP contribution in [0.2, 0.25) is 0 Å². The number of ketones is 1. The number of hydrogen-bond donors (Lipinski definition) is 1. The van der Waals surface area contributed by atoms with Crippen LogP contribution in [-0.2, 0) is 0 Å². The highest BCUT2D eigenvalue weighted by atomic mass is 79.9. The van der Waals surface area contributed by atoms with E-state index in [-0.39, 0.29) is 17.1 Å². The summed E-state index contributed by atoms with van der Waals surface area (Å²) in [5.41, 5.74) is 0.269. The van der Waals surface area contributed by atoms with Crippen molar-refractivity contribution in [3.8, 4) is 18.2 Å². The number of nitriles is 3. The second-order valence-electron chi connectivity index (χ2n) is 3.68. The first kappa shape index (κ1) is 15.4. The number of nitrogens with one attached hydrogen (secondary N) is 1. The number of carbonyl (C=O) groups is 1. The fraction of sp³-hybridized carbons (Fsp3) is 0.143. The first-order valence-corrected chi connectivity index (χ1v) is 6.41. The summed E-state index contributed by atoms with van der Waals surface area (Å²) in [6.45, 7) is 1.73. The smallest absolute Gasteiger partial charge is 0.164 e. The molecule has 1 aromatic carbocycles. The molecule has 0 radical (unpaired) electrons. The third-order valence-corrected chi connectivity index (χ3v) is 2.94. The Balaban J connectivity index is 3.35. The second-order valence-corrected chi connectivity index (χ2v) is 4.59. The van der Waals surface area contributed by atoms with Gasteiger partial charge in [-0.2, -0.15) is 15.8 Å². The van der Waals surface area contributed by atoms with E-state index in [9.17, 15) is 4.79 Å². The Hall–Kier alpha value is -2.62. The lowest BCUT2D eigenvalue weighted by Crippen LogP contribution is -2.07. The van der Waals surface area contributed by atoms with Crippen LogP contribution in [0.3, 0.4) is 0 Å². The molecular weight excluding hydrogens is 320 g/mol. The largest absolute Gasteiger partial charge is 0.345 e. The quantitative estimate of drug-likeness (QED) is 0.675. The molecule has 98 valence electrons. The summed E-state index contributed by atoms with van der Waals surface area (Å²) in [6.07, 6.45) is 0.311.